The lowest BCUT2D eigenvalue weighted by Crippen LogP contribution is -2.20. The van der Waals surface area contributed by atoms with E-state index in [0.29, 0.717) is 0 Å². The zero-order valence-corrected chi connectivity index (χ0v) is 10.8. The second-order valence-corrected chi connectivity index (χ2v) is 5.60. The van der Waals surface area contributed by atoms with E-state index in [1.807, 2.05) is 11.3 Å². The Hall–Kier alpha value is -0.640. The van der Waals surface area contributed by atoms with E-state index in [9.17, 15) is 0 Å². The average Bonchev–Trinajstić information content (AvgIpc) is 2.60. The highest BCUT2D eigenvalue weighted by Crippen LogP contribution is 2.20. The number of thiophene rings is 1. The number of hydrogen-bond donors (Lipinski definition) is 1. The molecule has 3 heteroatoms. The summed E-state index contributed by atoms with van der Waals surface area (Å²) in [5.41, 5.74) is 2.79. The van der Waals surface area contributed by atoms with Crippen LogP contribution in [0.5, 0.6) is 0 Å². The van der Waals surface area contributed by atoms with Crippen LogP contribution in [0, 0.1) is 13.8 Å². The molecule has 16 heavy (non-hydrogen) atoms. The lowest BCUT2D eigenvalue weighted by atomic mass is 10.2. The Morgan fingerprint density at radius 1 is 1.38 bits per heavy atom. The van der Waals surface area contributed by atoms with Crippen molar-refractivity contribution in [3.8, 4) is 0 Å². The molecular formula is C13H19NOS. The lowest BCUT2D eigenvalue weighted by molar-refractivity contribution is 0.149. The molecule has 0 spiro atoms. The second-order valence-electron chi connectivity index (χ2n) is 4.26. The summed E-state index contributed by atoms with van der Waals surface area (Å²) < 4.78 is 5.40. The summed E-state index contributed by atoms with van der Waals surface area (Å²) in [5.74, 6) is 0. The molecule has 2 rings (SSSR count). The van der Waals surface area contributed by atoms with Gasteiger partial charge in [-0.25, -0.2) is 0 Å². The van der Waals surface area contributed by atoms with Crippen LogP contribution in [-0.4, -0.2) is 19.8 Å². The van der Waals surface area contributed by atoms with Gasteiger partial charge >= 0.3 is 0 Å². The van der Waals surface area contributed by atoms with E-state index in [1.165, 1.54) is 20.9 Å². The number of hydrogen-bond acceptors (Lipinski definition) is 3. The molecule has 1 aromatic rings. The van der Waals surface area contributed by atoms with Crippen LogP contribution in [0.15, 0.2) is 17.7 Å². The Morgan fingerprint density at radius 2 is 2.25 bits per heavy atom. The molecule has 1 aliphatic heterocycles. The predicted molar refractivity (Wildman–Crippen MR) is 69.0 cm³/mol. The van der Waals surface area contributed by atoms with Crippen LogP contribution in [0.25, 0.3) is 0 Å². The topological polar surface area (TPSA) is 21.3 Å². The first-order valence-electron chi connectivity index (χ1n) is 5.78. The molecule has 0 amide bonds. The van der Waals surface area contributed by atoms with Crippen molar-refractivity contribution in [1.82, 2.24) is 5.32 Å². The van der Waals surface area contributed by atoms with Gasteiger partial charge in [0.1, 0.15) is 0 Å². The van der Waals surface area contributed by atoms with Crippen molar-refractivity contribution in [3.63, 3.8) is 0 Å². The summed E-state index contributed by atoms with van der Waals surface area (Å²) in [4.78, 5) is 2.85. The minimum Gasteiger partial charge on any atom is -0.377 e. The molecule has 0 bridgehead atoms. The number of rotatable bonds is 4. The molecule has 2 nitrogen and oxygen atoms in total. The Labute approximate surface area is 101 Å². The Kier molecular flexibility index (Phi) is 4.16. The van der Waals surface area contributed by atoms with Gasteiger partial charge in [0.15, 0.2) is 0 Å². The van der Waals surface area contributed by atoms with Crippen molar-refractivity contribution in [2.45, 2.75) is 26.8 Å². The van der Waals surface area contributed by atoms with E-state index in [0.717, 1.165) is 32.7 Å². The van der Waals surface area contributed by atoms with E-state index in [2.05, 4.69) is 31.3 Å². The molecule has 0 atom stereocenters. The maximum absolute atomic E-state index is 5.40. The monoisotopic (exact) mass is 237 g/mol. The molecule has 0 saturated carbocycles. The van der Waals surface area contributed by atoms with Crippen molar-refractivity contribution >= 4 is 11.3 Å². The first-order chi connectivity index (χ1) is 7.75. The minimum atomic E-state index is 0.801. The first-order valence-corrected chi connectivity index (χ1v) is 6.59. The van der Waals surface area contributed by atoms with E-state index >= 15 is 0 Å². The lowest BCUT2D eigenvalue weighted by Gasteiger charge is -2.13. The highest BCUT2D eigenvalue weighted by atomic mass is 32.1. The minimum absolute atomic E-state index is 0.801. The van der Waals surface area contributed by atoms with Crippen LogP contribution in [0.2, 0.25) is 0 Å². The van der Waals surface area contributed by atoms with Gasteiger partial charge in [-0.05, 0) is 37.5 Å². The first kappa shape index (κ1) is 11.8. The summed E-state index contributed by atoms with van der Waals surface area (Å²) in [7, 11) is 0. The molecule has 0 unspecified atom stereocenters. The molecule has 0 radical (unpaired) electrons. The fourth-order valence-corrected chi connectivity index (χ4v) is 2.84. The van der Waals surface area contributed by atoms with Crippen molar-refractivity contribution < 1.29 is 4.74 Å². The third-order valence-corrected chi connectivity index (χ3v) is 4.00. The maximum atomic E-state index is 5.40. The van der Waals surface area contributed by atoms with Crippen LogP contribution in [0.1, 0.15) is 21.7 Å². The fourth-order valence-electron chi connectivity index (χ4n) is 1.81. The zero-order valence-electron chi connectivity index (χ0n) is 10.0. The molecule has 1 aromatic heterocycles. The van der Waals surface area contributed by atoms with Crippen molar-refractivity contribution in [2.75, 3.05) is 19.8 Å². The van der Waals surface area contributed by atoms with Gasteiger partial charge in [-0.3, -0.25) is 0 Å². The number of ether oxygens (including phenoxy) is 1. The molecule has 0 saturated heterocycles. The molecule has 0 aliphatic carbocycles. The standard InChI is InChI=1S/C13H19NOS/c1-10-6-13(16-11(10)2)8-14-7-12-4-3-5-15-9-12/h4,6,14H,3,5,7-9H2,1-2H3. The Balaban J connectivity index is 1.77. The molecule has 88 valence electrons. The highest BCUT2D eigenvalue weighted by Gasteiger charge is 2.04. The van der Waals surface area contributed by atoms with Crippen LogP contribution < -0.4 is 5.32 Å². The predicted octanol–water partition coefficient (Wildman–Crippen LogP) is 2.80. The van der Waals surface area contributed by atoms with Gasteiger partial charge < -0.3 is 10.1 Å². The van der Waals surface area contributed by atoms with Gasteiger partial charge in [0.05, 0.1) is 13.2 Å². The van der Waals surface area contributed by atoms with Crippen LogP contribution in [0.4, 0.5) is 0 Å². The number of nitrogens with one attached hydrogen (secondary N) is 1. The summed E-state index contributed by atoms with van der Waals surface area (Å²) in [5, 5.41) is 3.47. The normalized spacial score (nSPS) is 16.2. The molecule has 1 N–H and O–H groups in total. The zero-order chi connectivity index (χ0) is 11.4. The highest BCUT2D eigenvalue weighted by molar-refractivity contribution is 7.12. The molecule has 0 aromatic carbocycles. The SMILES string of the molecule is Cc1cc(CNCC2=CCCOC2)sc1C. The largest absolute Gasteiger partial charge is 0.377 e. The van der Waals surface area contributed by atoms with Gasteiger partial charge in [0, 0.05) is 22.8 Å². The van der Waals surface area contributed by atoms with E-state index in [4.69, 9.17) is 4.74 Å². The fraction of sp³-hybridized carbons (Fsp3) is 0.538. The van der Waals surface area contributed by atoms with Crippen molar-refractivity contribution in [2.24, 2.45) is 0 Å². The summed E-state index contributed by atoms with van der Waals surface area (Å²) in [6, 6.07) is 2.28. The van der Waals surface area contributed by atoms with Crippen molar-refractivity contribution in [1.29, 1.82) is 0 Å². The Bertz CT molecular complexity index is 362. The van der Waals surface area contributed by atoms with E-state index in [1.54, 1.807) is 0 Å². The quantitative estimate of drug-likeness (QED) is 0.813. The molecule has 1 aliphatic rings. The molecule has 0 fully saturated rings. The van der Waals surface area contributed by atoms with E-state index in [-0.39, 0.29) is 0 Å². The van der Waals surface area contributed by atoms with Crippen LogP contribution in [0.3, 0.4) is 0 Å². The maximum Gasteiger partial charge on any atom is 0.0689 e. The average molecular weight is 237 g/mol. The Morgan fingerprint density at radius 3 is 2.88 bits per heavy atom. The molecular weight excluding hydrogens is 218 g/mol. The third kappa shape index (κ3) is 3.17. The smallest absolute Gasteiger partial charge is 0.0689 e. The summed E-state index contributed by atoms with van der Waals surface area (Å²) >= 11 is 1.89. The summed E-state index contributed by atoms with van der Waals surface area (Å²) in [6.07, 6.45) is 3.36. The van der Waals surface area contributed by atoms with Gasteiger partial charge in [0.25, 0.3) is 0 Å². The van der Waals surface area contributed by atoms with Gasteiger partial charge in [-0.15, -0.1) is 11.3 Å². The van der Waals surface area contributed by atoms with Crippen LogP contribution >= 0.6 is 11.3 Å². The summed E-state index contributed by atoms with van der Waals surface area (Å²) in [6.45, 7) is 7.96. The number of aryl methyl sites for hydroxylation is 2. The van der Waals surface area contributed by atoms with Gasteiger partial charge in [-0.1, -0.05) is 6.08 Å². The molecule has 2 heterocycles. The van der Waals surface area contributed by atoms with E-state index < -0.39 is 0 Å². The third-order valence-electron chi connectivity index (χ3n) is 2.85. The van der Waals surface area contributed by atoms with Gasteiger partial charge in [0.2, 0.25) is 0 Å². The second kappa shape index (κ2) is 5.62. The van der Waals surface area contributed by atoms with Gasteiger partial charge in [-0.2, -0.15) is 0 Å². The van der Waals surface area contributed by atoms with Crippen LogP contribution in [-0.2, 0) is 11.3 Å². The van der Waals surface area contributed by atoms with Crippen molar-refractivity contribution in [3.05, 3.63) is 33.0 Å².